The van der Waals surface area contributed by atoms with Gasteiger partial charge in [0.25, 0.3) is 0 Å². The Hall–Kier alpha value is -1.04. The van der Waals surface area contributed by atoms with E-state index in [4.69, 9.17) is 28.1 Å². The molecule has 0 amide bonds. The van der Waals surface area contributed by atoms with E-state index in [0.717, 1.165) is 31.0 Å². The van der Waals surface area contributed by atoms with Crippen LogP contribution in [0.3, 0.4) is 0 Å². The predicted molar refractivity (Wildman–Crippen MR) is 333 cm³/mol. The number of fused-ring (bicyclic) bond motifs is 1. The zero-order valence-electron chi connectivity index (χ0n) is 50.9. The molecule has 0 radical (unpaired) electrons. The topological polar surface area (TPSA) is 116 Å². The van der Waals surface area contributed by atoms with Crippen LogP contribution in [0, 0.1) is 23.7 Å². The summed E-state index contributed by atoms with van der Waals surface area (Å²) in [7, 11) is 5.43. The third-order valence-corrected chi connectivity index (χ3v) is 26.2. The second-order valence-electron chi connectivity index (χ2n) is 23.3. The standard InChI is InChI=1S/C27H53BrO3Si.C22H21O2P.C17H30O4.K/c1-9-10-13-16-22(29-5)18-19-24-23(17-14-11-12-15-20-28)26(21-25(24)30-6)31-32(7,8)27(2,3)4;23-22(24)17-10-18-25(19-11-4-1-5-12-19,20-13-6-2-7-14-20)21-15-8-3-9-16-21;1-4-5-6-7-12(19-2)8-9-13-14-10-17(18)21-16(14)11-15(13)20-3;/h18-19,22-26H,9-17,20-21H2,1-8H3;1-9,11-16,18H,10,17H2,(H,23,24);8-9,12-18H,4-7,10-11H2,1-3H3;/q;;;+1/p-1/b19-18+;;9-8+;/t22-,23+,24+,25+,26-;;12?,13-,14?,15-,16?,17?;/m0.1./s1. The molecule has 2 aliphatic carbocycles. The van der Waals surface area contributed by atoms with E-state index in [2.05, 4.69) is 130 Å². The number of methoxy groups -OCH3 is 4. The van der Waals surface area contributed by atoms with Crippen LogP contribution in [0.15, 0.2) is 115 Å². The summed E-state index contributed by atoms with van der Waals surface area (Å²) in [5, 5.41) is 25.7. The fourth-order valence-corrected chi connectivity index (χ4v) is 17.2. The molecule has 3 fully saturated rings. The van der Waals surface area contributed by atoms with Crippen molar-refractivity contribution in [3.8, 4) is 0 Å². The Morgan fingerprint density at radius 2 is 1.19 bits per heavy atom. The maximum absolute atomic E-state index is 11.0. The number of ether oxygens (including phenoxy) is 5. The molecule has 2 saturated carbocycles. The van der Waals surface area contributed by atoms with E-state index >= 15 is 0 Å². The summed E-state index contributed by atoms with van der Waals surface area (Å²) >= 11 is 3.57. The minimum atomic E-state index is -2.03. The second kappa shape index (κ2) is 38.8. The van der Waals surface area contributed by atoms with Gasteiger partial charge in [-0.1, -0.05) is 229 Å². The Morgan fingerprint density at radius 1 is 0.709 bits per heavy atom. The summed E-state index contributed by atoms with van der Waals surface area (Å²) in [6.45, 7) is 14.2. The van der Waals surface area contributed by atoms with E-state index in [1.165, 1.54) is 86.5 Å². The SMILES string of the molecule is CCCCCC(/C=C/[C@@H]1C2CC(O)OC2C[C@H]1OC)OC.CCCCC[C@@H](/C=C/[C@@H]1[C@@H](CCCCCCBr)[C@@H](O[Si](C)(C)C(C)(C)C)C[C@H]1OC)OC.O=C([O-])CCC=P(c1ccccc1)(c1ccccc1)c1ccccc1.[K+]. The number of hydrogen-bond acceptors (Lipinski definition) is 9. The van der Waals surface area contributed by atoms with Gasteiger partial charge in [-0.3, -0.25) is 0 Å². The first-order valence-electron chi connectivity index (χ1n) is 29.7. The molecule has 3 aromatic carbocycles. The van der Waals surface area contributed by atoms with E-state index in [9.17, 15) is 15.0 Å². The number of hydrogen-bond donors (Lipinski definition) is 1. The van der Waals surface area contributed by atoms with Crippen molar-refractivity contribution in [1.29, 1.82) is 0 Å². The first kappa shape index (κ1) is 72.2. The number of carboxylic acid groups (broad SMARTS) is 1. The molecule has 6 rings (SSSR count). The van der Waals surface area contributed by atoms with Crippen molar-refractivity contribution in [2.45, 2.75) is 211 Å². The van der Waals surface area contributed by atoms with Crippen molar-refractivity contribution in [3.05, 3.63) is 115 Å². The molecule has 13 heteroatoms. The van der Waals surface area contributed by atoms with Crippen LogP contribution < -0.4 is 72.4 Å². The first-order chi connectivity index (χ1) is 37.5. The van der Waals surface area contributed by atoms with Crippen LogP contribution in [-0.2, 0) is 32.9 Å². The van der Waals surface area contributed by atoms with Gasteiger partial charge in [0.15, 0.2) is 14.6 Å². The van der Waals surface area contributed by atoms with Gasteiger partial charge in [0.2, 0.25) is 0 Å². The number of carbonyl (C=O) groups excluding carboxylic acids is 1. The van der Waals surface area contributed by atoms with Crippen molar-refractivity contribution in [3.63, 3.8) is 0 Å². The average Bonchev–Trinajstić information content (AvgIpc) is 4.15. The largest absolute Gasteiger partial charge is 1.00 e. The molecule has 4 unspecified atom stereocenters. The zero-order chi connectivity index (χ0) is 57.0. The molecule has 3 aliphatic rings. The van der Waals surface area contributed by atoms with Crippen molar-refractivity contribution in [2.24, 2.45) is 23.7 Å². The minimum absolute atomic E-state index is 0. The molecule has 11 atom stereocenters. The first-order valence-corrected chi connectivity index (χ1v) is 35.6. The number of halogens is 1. The van der Waals surface area contributed by atoms with Crippen LogP contribution in [0.4, 0.5) is 0 Å². The van der Waals surface area contributed by atoms with Crippen LogP contribution in [-0.4, -0.2) is 102 Å². The normalized spacial score (nSPS) is 23.8. The van der Waals surface area contributed by atoms with E-state index in [-0.39, 0.29) is 93.4 Å². The second-order valence-corrected chi connectivity index (χ2v) is 32.2. The fourth-order valence-electron chi connectivity index (χ4n) is 11.5. The van der Waals surface area contributed by atoms with E-state index in [0.29, 0.717) is 42.6 Å². The molecule has 3 aromatic rings. The molecular formula is C66H103BrKO9PSi. The molecule has 1 aliphatic heterocycles. The molecule has 1 saturated heterocycles. The summed E-state index contributed by atoms with van der Waals surface area (Å²) in [5.74, 6) is 2.83. The summed E-state index contributed by atoms with van der Waals surface area (Å²) in [6.07, 6.45) is 28.9. The molecule has 0 bridgehead atoms. The number of rotatable bonds is 30. The molecule has 9 nitrogen and oxygen atoms in total. The van der Waals surface area contributed by atoms with E-state index in [1.807, 2.05) is 68.8 Å². The average molecular weight is 1220 g/mol. The number of aliphatic hydroxyl groups excluding tert-OH is 1. The summed E-state index contributed by atoms with van der Waals surface area (Å²) in [4.78, 5) is 11.0. The van der Waals surface area contributed by atoms with Gasteiger partial charge in [-0.2, -0.15) is 0 Å². The molecule has 0 aromatic heterocycles. The van der Waals surface area contributed by atoms with E-state index < -0.39 is 27.5 Å². The van der Waals surface area contributed by atoms with Crippen LogP contribution in [0.5, 0.6) is 0 Å². The van der Waals surface area contributed by atoms with Gasteiger partial charge in [0.1, 0.15) is 0 Å². The smallest absolute Gasteiger partial charge is 0.550 e. The zero-order valence-corrected chi connectivity index (χ0v) is 57.5. The number of carbonyl (C=O) groups is 1. The number of aliphatic carboxylic acids is 1. The molecule has 1 heterocycles. The molecular weight excluding hydrogens is 1110 g/mol. The third kappa shape index (κ3) is 23.1. The van der Waals surface area contributed by atoms with Crippen molar-refractivity contribution in [2.75, 3.05) is 33.8 Å². The Kier molecular flexibility index (Phi) is 35.5. The van der Waals surface area contributed by atoms with Crippen LogP contribution in [0.25, 0.3) is 0 Å². The van der Waals surface area contributed by atoms with Gasteiger partial charge >= 0.3 is 51.4 Å². The van der Waals surface area contributed by atoms with Gasteiger partial charge < -0.3 is 43.1 Å². The molecule has 79 heavy (non-hydrogen) atoms. The number of benzene rings is 3. The van der Waals surface area contributed by atoms with Crippen LogP contribution in [0.1, 0.15) is 150 Å². The van der Waals surface area contributed by atoms with Crippen LogP contribution >= 0.6 is 22.8 Å². The van der Waals surface area contributed by atoms with Crippen molar-refractivity contribution in [1.82, 2.24) is 0 Å². The summed E-state index contributed by atoms with van der Waals surface area (Å²) < 4.78 is 35.6. The van der Waals surface area contributed by atoms with Gasteiger partial charge in [0.05, 0.1) is 36.6 Å². The maximum Gasteiger partial charge on any atom is 1.00 e. The molecule has 0 spiro atoms. The number of aliphatic hydroxyl groups is 1. The van der Waals surface area contributed by atoms with Crippen molar-refractivity contribution >= 4 is 58.8 Å². The summed E-state index contributed by atoms with van der Waals surface area (Å²) in [5.41, 5.74) is 0. The minimum Gasteiger partial charge on any atom is -0.550 e. The maximum atomic E-state index is 11.0. The van der Waals surface area contributed by atoms with Gasteiger partial charge in [0, 0.05) is 64.4 Å². The number of unbranched alkanes of at least 4 members (excludes halogenated alkanes) is 7. The summed E-state index contributed by atoms with van der Waals surface area (Å²) in [6, 6.07) is 31.1. The Balaban J connectivity index is 0.000000316. The third-order valence-electron chi connectivity index (χ3n) is 16.9. The number of carboxylic acids is 1. The molecule has 438 valence electrons. The number of alkyl halides is 1. The van der Waals surface area contributed by atoms with Gasteiger partial charge in [-0.15, -0.1) is 0 Å². The van der Waals surface area contributed by atoms with Crippen LogP contribution in [0.2, 0.25) is 18.1 Å². The molecule has 1 N–H and O–H groups in total. The van der Waals surface area contributed by atoms with Gasteiger partial charge in [-0.25, -0.2) is 0 Å². The monoisotopic (exact) mass is 1220 g/mol. The fraction of sp³-hybridized carbons (Fsp3) is 0.636. The quantitative estimate of drug-likeness (QED) is 0.0229. The predicted octanol–water partition coefficient (Wildman–Crippen LogP) is 10.7. The Labute approximate surface area is 532 Å². The Morgan fingerprint density at radius 3 is 1.63 bits per heavy atom. The van der Waals surface area contributed by atoms with Crippen molar-refractivity contribution < 1.29 is 94.5 Å². The van der Waals surface area contributed by atoms with E-state index in [1.54, 1.807) is 14.2 Å². The van der Waals surface area contributed by atoms with Gasteiger partial charge in [-0.05, 0) is 97.7 Å². The Bertz CT molecular complexity index is 2090.